The third kappa shape index (κ3) is 4.04. The Balaban J connectivity index is 1.46. The summed E-state index contributed by atoms with van der Waals surface area (Å²) in [4.78, 5) is 25.0. The van der Waals surface area contributed by atoms with E-state index >= 15 is 0 Å². The molecule has 0 aliphatic rings. The van der Waals surface area contributed by atoms with Gasteiger partial charge in [0.15, 0.2) is 5.78 Å². The van der Waals surface area contributed by atoms with E-state index in [9.17, 15) is 4.79 Å². The molecule has 0 spiro atoms. The van der Waals surface area contributed by atoms with Gasteiger partial charge in [-0.2, -0.15) is 0 Å². The second-order valence-electron chi connectivity index (χ2n) is 5.81. The van der Waals surface area contributed by atoms with Gasteiger partial charge in [0, 0.05) is 18.0 Å². The van der Waals surface area contributed by atoms with Gasteiger partial charge in [-0.15, -0.1) is 0 Å². The zero-order chi connectivity index (χ0) is 18.5. The Hall–Kier alpha value is -3.86. The fourth-order valence-electron chi connectivity index (χ4n) is 2.54. The molecule has 2 aromatic heterocycles. The van der Waals surface area contributed by atoms with E-state index in [-0.39, 0.29) is 5.78 Å². The zero-order valence-corrected chi connectivity index (χ0v) is 14.3. The van der Waals surface area contributed by atoms with Crippen molar-refractivity contribution in [3.63, 3.8) is 0 Å². The molecular weight excluding hydrogens is 338 g/mol. The van der Waals surface area contributed by atoms with Gasteiger partial charge in [0.05, 0.1) is 17.2 Å². The second-order valence-corrected chi connectivity index (χ2v) is 5.81. The van der Waals surface area contributed by atoms with Crippen molar-refractivity contribution in [1.29, 1.82) is 0 Å². The van der Waals surface area contributed by atoms with E-state index in [1.807, 2.05) is 36.4 Å². The highest BCUT2D eigenvalue weighted by Gasteiger charge is 2.05. The number of hydrogen-bond donors (Lipinski definition) is 0. The van der Waals surface area contributed by atoms with E-state index in [4.69, 9.17) is 4.74 Å². The maximum absolute atomic E-state index is 12.3. The molecule has 0 amide bonds. The lowest BCUT2D eigenvalue weighted by Crippen LogP contribution is -1.95. The van der Waals surface area contributed by atoms with E-state index in [0.29, 0.717) is 17.2 Å². The highest BCUT2D eigenvalue weighted by atomic mass is 16.5. The number of pyridine rings is 1. The Kier molecular flexibility index (Phi) is 4.66. The van der Waals surface area contributed by atoms with Crippen LogP contribution in [0.1, 0.15) is 15.9 Å². The van der Waals surface area contributed by atoms with Gasteiger partial charge in [-0.25, -0.2) is 9.97 Å². The summed E-state index contributed by atoms with van der Waals surface area (Å²) in [5.74, 6) is 0.910. The van der Waals surface area contributed by atoms with Gasteiger partial charge < -0.3 is 4.74 Å². The Labute approximate surface area is 156 Å². The summed E-state index contributed by atoms with van der Waals surface area (Å²) in [5, 5.41) is 0. The van der Waals surface area contributed by atoms with Crippen molar-refractivity contribution in [3.05, 3.63) is 96.5 Å². The van der Waals surface area contributed by atoms with Gasteiger partial charge in [-0.3, -0.25) is 9.78 Å². The average molecular weight is 353 g/mol. The Morgan fingerprint density at radius 3 is 2.48 bits per heavy atom. The van der Waals surface area contributed by atoms with Crippen molar-refractivity contribution in [1.82, 2.24) is 15.0 Å². The first kappa shape index (κ1) is 16.6. The SMILES string of the molecule is O=C(/C=C/c1cccnc1)c1ccc(Oc2cnc3ccccc3n2)cc1. The molecule has 2 heterocycles. The summed E-state index contributed by atoms with van der Waals surface area (Å²) < 4.78 is 5.74. The van der Waals surface area contributed by atoms with Crippen LogP contribution >= 0.6 is 0 Å². The number of aromatic nitrogens is 3. The predicted molar refractivity (Wildman–Crippen MR) is 104 cm³/mol. The molecule has 0 aliphatic heterocycles. The quantitative estimate of drug-likeness (QED) is 0.384. The molecule has 130 valence electrons. The number of ether oxygens (including phenoxy) is 1. The number of carbonyl (C=O) groups is 1. The molecule has 0 radical (unpaired) electrons. The summed E-state index contributed by atoms with van der Waals surface area (Å²) in [6.07, 6.45) is 8.24. The molecule has 27 heavy (non-hydrogen) atoms. The number of rotatable bonds is 5. The highest BCUT2D eigenvalue weighted by molar-refractivity contribution is 6.06. The number of para-hydroxylation sites is 2. The van der Waals surface area contributed by atoms with E-state index in [1.165, 1.54) is 6.08 Å². The topological polar surface area (TPSA) is 65.0 Å². The smallest absolute Gasteiger partial charge is 0.238 e. The summed E-state index contributed by atoms with van der Waals surface area (Å²) in [6, 6.07) is 18.2. The van der Waals surface area contributed by atoms with Gasteiger partial charge in [-0.05, 0) is 60.2 Å². The maximum Gasteiger partial charge on any atom is 0.238 e. The molecule has 4 rings (SSSR count). The van der Waals surface area contributed by atoms with E-state index in [2.05, 4.69) is 15.0 Å². The molecule has 2 aromatic carbocycles. The fraction of sp³-hybridized carbons (Fsp3) is 0. The first-order chi connectivity index (χ1) is 13.3. The third-order valence-electron chi connectivity index (χ3n) is 3.90. The molecule has 5 nitrogen and oxygen atoms in total. The Bertz CT molecular complexity index is 1110. The van der Waals surface area contributed by atoms with Crippen molar-refractivity contribution >= 4 is 22.9 Å². The first-order valence-electron chi connectivity index (χ1n) is 8.40. The number of hydrogen-bond acceptors (Lipinski definition) is 5. The summed E-state index contributed by atoms with van der Waals surface area (Å²) in [5.41, 5.74) is 3.03. The first-order valence-corrected chi connectivity index (χ1v) is 8.40. The van der Waals surface area contributed by atoms with Crippen LogP contribution in [-0.2, 0) is 0 Å². The normalized spacial score (nSPS) is 11.0. The molecule has 0 saturated heterocycles. The maximum atomic E-state index is 12.3. The number of ketones is 1. The minimum absolute atomic E-state index is 0.0871. The van der Waals surface area contributed by atoms with Crippen LogP contribution < -0.4 is 4.74 Å². The molecule has 0 saturated carbocycles. The lowest BCUT2D eigenvalue weighted by molar-refractivity contribution is 0.104. The summed E-state index contributed by atoms with van der Waals surface area (Å²) >= 11 is 0. The number of carbonyl (C=O) groups excluding carboxylic acids is 1. The number of nitrogens with zero attached hydrogens (tertiary/aromatic N) is 3. The highest BCUT2D eigenvalue weighted by Crippen LogP contribution is 2.21. The minimum atomic E-state index is -0.0871. The van der Waals surface area contributed by atoms with Crippen molar-refractivity contribution < 1.29 is 9.53 Å². The predicted octanol–water partition coefficient (Wildman–Crippen LogP) is 4.71. The second kappa shape index (κ2) is 7.58. The number of fused-ring (bicyclic) bond motifs is 1. The summed E-state index contributed by atoms with van der Waals surface area (Å²) in [6.45, 7) is 0. The molecule has 0 atom stereocenters. The van der Waals surface area contributed by atoms with Crippen LogP contribution in [0.15, 0.2) is 85.3 Å². The lowest BCUT2D eigenvalue weighted by atomic mass is 10.1. The van der Waals surface area contributed by atoms with Crippen LogP contribution in [0.2, 0.25) is 0 Å². The molecule has 0 fully saturated rings. The van der Waals surface area contributed by atoms with Crippen LogP contribution in [0.5, 0.6) is 11.6 Å². The van der Waals surface area contributed by atoms with Gasteiger partial charge in [-0.1, -0.05) is 18.2 Å². The van der Waals surface area contributed by atoms with Gasteiger partial charge in [0.2, 0.25) is 5.88 Å². The molecule has 4 aromatic rings. The Morgan fingerprint density at radius 1 is 0.889 bits per heavy atom. The number of benzene rings is 2. The van der Waals surface area contributed by atoms with Crippen molar-refractivity contribution in [2.45, 2.75) is 0 Å². The minimum Gasteiger partial charge on any atom is -0.437 e. The third-order valence-corrected chi connectivity index (χ3v) is 3.90. The van der Waals surface area contributed by atoms with Gasteiger partial charge in [0.25, 0.3) is 0 Å². The van der Waals surface area contributed by atoms with Crippen molar-refractivity contribution in [3.8, 4) is 11.6 Å². The van der Waals surface area contributed by atoms with Gasteiger partial charge in [0.1, 0.15) is 5.75 Å². The zero-order valence-electron chi connectivity index (χ0n) is 14.3. The van der Waals surface area contributed by atoms with E-state index in [0.717, 1.165) is 16.6 Å². The standard InChI is InChI=1S/C22H15N3O2/c26-21(12-7-16-4-3-13-23-14-16)17-8-10-18(11-9-17)27-22-15-24-19-5-1-2-6-20(19)25-22/h1-15H/b12-7+. The molecule has 0 bridgehead atoms. The largest absolute Gasteiger partial charge is 0.437 e. The van der Waals surface area contributed by atoms with Crippen LogP contribution in [0, 0.1) is 0 Å². The Morgan fingerprint density at radius 2 is 1.70 bits per heavy atom. The van der Waals surface area contributed by atoms with Crippen LogP contribution in [0.25, 0.3) is 17.1 Å². The molecule has 0 N–H and O–H groups in total. The lowest BCUT2D eigenvalue weighted by Gasteiger charge is -2.06. The van der Waals surface area contributed by atoms with Gasteiger partial charge >= 0.3 is 0 Å². The van der Waals surface area contributed by atoms with Crippen molar-refractivity contribution in [2.75, 3.05) is 0 Å². The van der Waals surface area contributed by atoms with Crippen LogP contribution in [0.3, 0.4) is 0 Å². The van der Waals surface area contributed by atoms with E-state index < -0.39 is 0 Å². The molecular formula is C22H15N3O2. The molecule has 5 heteroatoms. The molecule has 0 aliphatic carbocycles. The fourth-order valence-corrected chi connectivity index (χ4v) is 2.54. The molecule has 0 unspecified atom stereocenters. The van der Waals surface area contributed by atoms with Crippen LogP contribution in [-0.4, -0.2) is 20.7 Å². The van der Waals surface area contributed by atoms with E-state index in [1.54, 1.807) is 48.9 Å². The van der Waals surface area contributed by atoms with Crippen molar-refractivity contribution in [2.24, 2.45) is 0 Å². The monoisotopic (exact) mass is 353 g/mol. The average Bonchev–Trinajstić information content (AvgIpc) is 2.73. The van der Waals surface area contributed by atoms with Crippen LogP contribution in [0.4, 0.5) is 0 Å². The summed E-state index contributed by atoms with van der Waals surface area (Å²) in [7, 11) is 0. The number of allylic oxidation sites excluding steroid dienone is 1.